The van der Waals surface area contributed by atoms with Crippen LogP contribution in [0.3, 0.4) is 0 Å². The van der Waals surface area contributed by atoms with Crippen LogP contribution in [-0.4, -0.2) is 25.8 Å². The standard InChI is InChI=1S/C17H15N5O2/c1-11-15(22-16(23)14-10-18-8-9-19-14)12(2)21-17(20-11)24-13-6-4-3-5-7-13/h3-10H,1-2H3,(H,22,23). The van der Waals surface area contributed by atoms with Crippen molar-refractivity contribution in [2.75, 3.05) is 5.32 Å². The van der Waals surface area contributed by atoms with Crippen molar-refractivity contribution in [1.82, 2.24) is 19.9 Å². The highest BCUT2D eigenvalue weighted by Gasteiger charge is 2.14. The first-order chi connectivity index (χ1) is 11.6. The largest absolute Gasteiger partial charge is 0.424 e. The third-order valence-electron chi connectivity index (χ3n) is 3.24. The van der Waals surface area contributed by atoms with Gasteiger partial charge in [0, 0.05) is 12.4 Å². The zero-order valence-corrected chi connectivity index (χ0v) is 13.2. The number of ether oxygens (including phenoxy) is 1. The van der Waals surface area contributed by atoms with Gasteiger partial charge in [-0.15, -0.1) is 0 Å². The van der Waals surface area contributed by atoms with Gasteiger partial charge in [-0.3, -0.25) is 9.78 Å². The first-order valence-electron chi connectivity index (χ1n) is 7.29. The van der Waals surface area contributed by atoms with E-state index in [0.29, 0.717) is 22.8 Å². The molecule has 120 valence electrons. The molecule has 7 nitrogen and oxygen atoms in total. The predicted molar refractivity (Wildman–Crippen MR) is 88.0 cm³/mol. The van der Waals surface area contributed by atoms with Crippen LogP contribution in [0.2, 0.25) is 0 Å². The number of benzene rings is 1. The van der Waals surface area contributed by atoms with Gasteiger partial charge >= 0.3 is 6.01 Å². The van der Waals surface area contributed by atoms with Crippen LogP contribution < -0.4 is 10.1 Å². The summed E-state index contributed by atoms with van der Waals surface area (Å²) in [6.45, 7) is 3.55. The lowest BCUT2D eigenvalue weighted by molar-refractivity contribution is 0.102. The lowest BCUT2D eigenvalue weighted by Crippen LogP contribution is -2.16. The Morgan fingerprint density at radius 1 is 1.04 bits per heavy atom. The molecule has 1 aromatic carbocycles. The minimum absolute atomic E-state index is 0.223. The van der Waals surface area contributed by atoms with E-state index in [1.807, 2.05) is 30.3 Å². The minimum atomic E-state index is -0.366. The highest BCUT2D eigenvalue weighted by atomic mass is 16.5. The molecule has 24 heavy (non-hydrogen) atoms. The third kappa shape index (κ3) is 3.52. The van der Waals surface area contributed by atoms with Crippen molar-refractivity contribution in [3.05, 3.63) is 66.0 Å². The van der Waals surface area contributed by atoms with Crippen molar-refractivity contribution in [2.45, 2.75) is 13.8 Å². The molecule has 3 rings (SSSR count). The van der Waals surface area contributed by atoms with E-state index in [-0.39, 0.29) is 17.6 Å². The van der Waals surface area contributed by atoms with E-state index in [0.717, 1.165) is 0 Å². The van der Waals surface area contributed by atoms with Crippen LogP contribution in [0, 0.1) is 13.8 Å². The van der Waals surface area contributed by atoms with Crippen molar-refractivity contribution in [1.29, 1.82) is 0 Å². The second-order valence-electron chi connectivity index (χ2n) is 5.01. The van der Waals surface area contributed by atoms with Gasteiger partial charge in [0.15, 0.2) is 0 Å². The fraction of sp³-hybridized carbons (Fsp3) is 0.118. The second-order valence-corrected chi connectivity index (χ2v) is 5.01. The summed E-state index contributed by atoms with van der Waals surface area (Å²) in [6, 6.07) is 9.49. The number of aryl methyl sites for hydroxylation is 2. The molecule has 0 fully saturated rings. The Morgan fingerprint density at radius 3 is 2.38 bits per heavy atom. The number of carbonyl (C=O) groups is 1. The van der Waals surface area contributed by atoms with Crippen LogP contribution in [0.1, 0.15) is 21.9 Å². The number of amides is 1. The third-order valence-corrected chi connectivity index (χ3v) is 3.24. The number of hydrogen-bond acceptors (Lipinski definition) is 6. The molecule has 0 spiro atoms. The van der Waals surface area contributed by atoms with E-state index >= 15 is 0 Å². The van der Waals surface area contributed by atoms with Crippen LogP contribution in [0.25, 0.3) is 0 Å². The van der Waals surface area contributed by atoms with Crippen molar-refractivity contribution in [2.24, 2.45) is 0 Å². The van der Waals surface area contributed by atoms with Crippen molar-refractivity contribution in [3.8, 4) is 11.8 Å². The van der Waals surface area contributed by atoms with Crippen LogP contribution >= 0.6 is 0 Å². The molecule has 7 heteroatoms. The zero-order chi connectivity index (χ0) is 16.9. The maximum absolute atomic E-state index is 12.2. The highest BCUT2D eigenvalue weighted by molar-refractivity contribution is 6.03. The van der Waals surface area contributed by atoms with Crippen LogP contribution in [0.15, 0.2) is 48.9 Å². The molecule has 0 saturated heterocycles. The summed E-state index contributed by atoms with van der Waals surface area (Å²) >= 11 is 0. The van der Waals surface area contributed by atoms with Gasteiger partial charge in [-0.25, -0.2) is 4.98 Å². The van der Waals surface area contributed by atoms with Gasteiger partial charge in [0.1, 0.15) is 11.4 Å². The van der Waals surface area contributed by atoms with Gasteiger partial charge in [0.25, 0.3) is 5.91 Å². The van der Waals surface area contributed by atoms with Gasteiger partial charge in [-0.1, -0.05) is 18.2 Å². The first-order valence-corrected chi connectivity index (χ1v) is 7.29. The maximum Gasteiger partial charge on any atom is 0.322 e. The Bertz CT molecular complexity index is 830. The molecule has 0 unspecified atom stereocenters. The van der Waals surface area contributed by atoms with Gasteiger partial charge < -0.3 is 10.1 Å². The van der Waals surface area contributed by atoms with E-state index < -0.39 is 0 Å². The summed E-state index contributed by atoms with van der Waals surface area (Å²) in [6.07, 6.45) is 4.36. The fourth-order valence-electron chi connectivity index (χ4n) is 2.10. The number of rotatable bonds is 4. The Hall–Kier alpha value is -3.35. The molecule has 1 amide bonds. The van der Waals surface area contributed by atoms with Crippen molar-refractivity contribution >= 4 is 11.6 Å². The van der Waals surface area contributed by atoms with E-state index in [1.165, 1.54) is 18.6 Å². The lowest BCUT2D eigenvalue weighted by Gasteiger charge is -2.12. The molecule has 0 aliphatic rings. The summed E-state index contributed by atoms with van der Waals surface area (Å²) in [5.41, 5.74) is 1.96. The summed E-state index contributed by atoms with van der Waals surface area (Å²) in [5.74, 6) is 0.280. The number of anilines is 1. The molecule has 3 aromatic rings. The normalized spacial score (nSPS) is 10.2. The van der Waals surface area contributed by atoms with Gasteiger partial charge in [-0.2, -0.15) is 9.97 Å². The lowest BCUT2D eigenvalue weighted by atomic mass is 10.2. The van der Waals surface area contributed by atoms with Crippen LogP contribution in [0.4, 0.5) is 5.69 Å². The first kappa shape index (κ1) is 15.5. The predicted octanol–water partition coefficient (Wildman–Crippen LogP) is 2.93. The summed E-state index contributed by atoms with van der Waals surface area (Å²) in [4.78, 5) is 28.6. The minimum Gasteiger partial charge on any atom is -0.424 e. The number of carbonyl (C=O) groups excluding carboxylic acids is 1. The molecular weight excluding hydrogens is 306 g/mol. The highest BCUT2D eigenvalue weighted by Crippen LogP contribution is 2.23. The smallest absolute Gasteiger partial charge is 0.322 e. The number of hydrogen-bond donors (Lipinski definition) is 1. The molecule has 1 N–H and O–H groups in total. The number of nitrogens with one attached hydrogen (secondary N) is 1. The van der Waals surface area contributed by atoms with Crippen LogP contribution in [0.5, 0.6) is 11.8 Å². The Morgan fingerprint density at radius 2 is 1.75 bits per heavy atom. The van der Waals surface area contributed by atoms with E-state index in [1.54, 1.807) is 13.8 Å². The summed E-state index contributed by atoms with van der Waals surface area (Å²) < 4.78 is 5.63. The Balaban J connectivity index is 1.81. The fourth-order valence-corrected chi connectivity index (χ4v) is 2.10. The van der Waals surface area contributed by atoms with Crippen LogP contribution in [-0.2, 0) is 0 Å². The van der Waals surface area contributed by atoms with Crippen molar-refractivity contribution in [3.63, 3.8) is 0 Å². The molecule has 2 aromatic heterocycles. The molecule has 0 saturated carbocycles. The molecule has 0 radical (unpaired) electrons. The van der Waals surface area contributed by atoms with E-state index in [9.17, 15) is 4.79 Å². The molecule has 0 bridgehead atoms. The monoisotopic (exact) mass is 321 g/mol. The maximum atomic E-state index is 12.2. The SMILES string of the molecule is Cc1nc(Oc2ccccc2)nc(C)c1NC(=O)c1cnccn1. The quantitative estimate of drug-likeness (QED) is 0.794. The Labute approximate surface area is 138 Å². The van der Waals surface area contributed by atoms with Gasteiger partial charge in [-0.05, 0) is 26.0 Å². The van der Waals surface area contributed by atoms with Gasteiger partial charge in [0.05, 0.1) is 23.3 Å². The molecule has 0 aliphatic heterocycles. The van der Waals surface area contributed by atoms with E-state index in [4.69, 9.17) is 4.74 Å². The average Bonchev–Trinajstić information content (AvgIpc) is 2.59. The summed E-state index contributed by atoms with van der Waals surface area (Å²) in [5, 5.41) is 2.76. The molecular formula is C17H15N5O2. The topological polar surface area (TPSA) is 89.9 Å². The zero-order valence-electron chi connectivity index (χ0n) is 13.2. The molecule has 0 aliphatic carbocycles. The molecule has 0 atom stereocenters. The molecule has 2 heterocycles. The van der Waals surface area contributed by atoms with Gasteiger partial charge in [0.2, 0.25) is 0 Å². The number of nitrogens with zero attached hydrogens (tertiary/aromatic N) is 4. The van der Waals surface area contributed by atoms with E-state index in [2.05, 4.69) is 25.3 Å². The van der Waals surface area contributed by atoms with Crippen molar-refractivity contribution < 1.29 is 9.53 Å². The Kier molecular flexibility index (Phi) is 4.42. The average molecular weight is 321 g/mol. The number of para-hydroxylation sites is 1. The summed E-state index contributed by atoms with van der Waals surface area (Å²) in [7, 11) is 0. The second kappa shape index (κ2) is 6.82. The number of aromatic nitrogens is 4.